The van der Waals surface area contributed by atoms with E-state index >= 15 is 0 Å². The number of nitrogens with zero attached hydrogens (tertiary/aromatic N) is 2. The van der Waals surface area contributed by atoms with E-state index in [2.05, 4.69) is 9.97 Å². The number of carbonyl (C=O) groups is 2. The molecule has 1 aliphatic carbocycles. The Morgan fingerprint density at radius 2 is 1.79 bits per heavy atom. The average molecular weight is 326 g/mol. The predicted octanol–water partition coefficient (Wildman–Crippen LogP) is 2.87. The normalized spacial score (nSPS) is 14.4. The van der Waals surface area contributed by atoms with E-state index in [-0.39, 0.29) is 17.4 Å². The number of ketones is 2. The third kappa shape index (κ3) is 3.42. The van der Waals surface area contributed by atoms with E-state index in [4.69, 9.17) is 9.47 Å². The zero-order valence-electron chi connectivity index (χ0n) is 13.4. The first-order chi connectivity index (χ1) is 11.7. The zero-order chi connectivity index (χ0) is 16.9. The van der Waals surface area contributed by atoms with Gasteiger partial charge in [-0.3, -0.25) is 14.6 Å². The lowest BCUT2D eigenvalue weighted by Gasteiger charge is -2.16. The van der Waals surface area contributed by atoms with Crippen molar-refractivity contribution in [1.82, 2.24) is 9.97 Å². The molecule has 0 amide bonds. The largest absolute Gasteiger partial charge is 0.491 e. The van der Waals surface area contributed by atoms with Crippen LogP contribution in [0, 0.1) is 0 Å². The monoisotopic (exact) mass is 326 g/mol. The van der Waals surface area contributed by atoms with Gasteiger partial charge in [0, 0.05) is 24.0 Å². The first-order valence-electron chi connectivity index (χ1n) is 7.89. The highest BCUT2D eigenvalue weighted by Crippen LogP contribution is 2.31. The second-order valence-corrected chi connectivity index (χ2v) is 5.64. The summed E-state index contributed by atoms with van der Waals surface area (Å²) in [5.74, 6) is -0.401. The molecule has 2 heterocycles. The van der Waals surface area contributed by atoms with E-state index in [9.17, 15) is 9.59 Å². The molecule has 1 aliphatic rings. The molecule has 2 aromatic heterocycles. The third-order valence-electron chi connectivity index (χ3n) is 4.03. The molecule has 0 aromatic carbocycles. The lowest BCUT2D eigenvalue weighted by atomic mass is 10.1. The maximum atomic E-state index is 12.4. The van der Waals surface area contributed by atoms with Crippen LogP contribution in [0.5, 0.6) is 11.5 Å². The Balaban J connectivity index is 1.84. The molecule has 6 nitrogen and oxygen atoms in total. The summed E-state index contributed by atoms with van der Waals surface area (Å²) in [6, 6.07) is 4.48. The molecule has 0 N–H and O–H groups in total. The van der Waals surface area contributed by atoms with Gasteiger partial charge in [-0.15, -0.1) is 0 Å². The van der Waals surface area contributed by atoms with Gasteiger partial charge < -0.3 is 9.47 Å². The van der Waals surface area contributed by atoms with Gasteiger partial charge >= 0.3 is 0 Å². The minimum absolute atomic E-state index is 0.0469. The molecule has 6 heteroatoms. The molecule has 0 bridgehead atoms. The van der Waals surface area contributed by atoms with E-state index in [0.29, 0.717) is 11.5 Å². The van der Waals surface area contributed by atoms with E-state index in [1.54, 1.807) is 0 Å². The van der Waals surface area contributed by atoms with Gasteiger partial charge in [0.1, 0.15) is 5.69 Å². The van der Waals surface area contributed by atoms with Crippen molar-refractivity contribution >= 4 is 11.6 Å². The van der Waals surface area contributed by atoms with Crippen molar-refractivity contribution in [3.8, 4) is 11.5 Å². The van der Waals surface area contributed by atoms with Crippen LogP contribution in [0.3, 0.4) is 0 Å². The summed E-state index contributed by atoms with van der Waals surface area (Å²) in [7, 11) is 1.52. The Bertz CT molecular complexity index is 740. The Morgan fingerprint density at radius 3 is 2.46 bits per heavy atom. The van der Waals surface area contributed by atoms with Crippen LogP contribution in [0.25, 0.3) is 0 Å². The Morgan fingerprint density at radius 1 is 1.08 bits per heavy atom. The Hall–Kier alpha value is -2.76. The number of carbonyl (C=O) groups excluding carboxylic acids is 2. The van der Waals surface area contributed by atoms with Crippen molar-refractivity contribution in [2.24, 2.45) is 0 Å². The highest BCUT2D eigenvalue weighted by molar-refractivity contribution is 6.48. The van der Waals surface area contributed by atoms with E-state index in [1.165, 1.54) is 43.9 Å². The van der Waals surface area contributed by atoms with Crippen molar-refractivity contribution in [2.75, 3.05) is 7.11 Å². The number of pyridine rings is 2. The van der Waals surface area contributed by atoms with Crippen LogP contribution in [0.2, 0.25) is 0 Å². The molecule has 0 atom stereocenters. The summed E-state index contributed by atoms with van der Waals surface area (Å²) < 4.78 is 11.2. The van der Waals surface area contributed by atoms with E-state index in [0.717, 1.165) is 25.7 Å². The molecule has 0 saturated heterocycles. The molecule has 24 heavy (non-hydrogen) atoms. The molecule has 1 saturated carbocycles. The minimum atomic E-state index is -0.680. The second kappa shape index (κ2) is 7.21. The van der Waals surface area contributed by atoms with Crippen molar-refractivity contribution < 1.29 is 19.1 Å². The van der Waals surface area contributed by atoms with Crippen molar-refractivity contribution in [2.45, 2.75) is 31.8 Å². The van der Waals surface area contributed by atoms with Gasteiger partial charge in [0.05, 0.1) is 19.4 Å². The van der Waals surface area contributed by atoms with E-state index < -0.39 is 11.6 Å². The molecule has 124 valence electrons. The Kier molecular flexibility index (Phi) is 4.84. The zero-order valence-corrected chi connectivity index (χ0v) is 13.4. The topological polar surface area (TPSA) is 78.4 Å². The first kappa shape index (κ1) is 16.1. The molecule has 0 aliphatic heterocycles. The number of methoxy groups -OCH3 is 1. The molecule has 3 rings (SSSR count). The number of hydrogen-bond acceptors (Lipinski definition) is 6. The predicted molar refractivity (Wildman–Crippen MR) is 86.6 cm³/mol. The maximum absolute atomic E-state index is 12.4. The van der Waals surface area contributed by atoms with Crippen molar-refractivity contribution in [3.05, 3.63) is 48.0 Å². The SMILES string of the molecule is COc1cnc(C(=O)C(=O)c2ccncc2)cc1OC1CCCC1. The number of aromatic nitrogens is 2. The molecule has 2 aromatic rings. The number of ether oxygens (including phenoxy) is 2. The molecule has 0 spiro atoms. The van der Waals surface area contributed by atoms with Crippen LogP contribution in [-0.4, -0.2) is 34.7 Å². The van der Waals surface area contributed by atoms with Gasteiger partial charge in [0.25, 0.3) is 5.78 Å². The molecule has 1 fully saturated rings. The molecule has 0 radical (unpaired) electrons. The summed E-state index contributed by atoms with van der Waals surface area (Å²) in [6.07, 6.45) is 8.68. The van der Waals surface area contributed by atoms with Gasteiger partial charge in [0.15, 0.2) is 11.5 Å². The second-order valence-electron chi connectivity index (χ2n) is 5.64. The minimum Gasteiger partial charge on any atom is -0.491 e. The fraction of sp³-hybridized carbons (Fsp3) is 0.333. The quantitative estimate of drug-likeness (QED) is 0.600. The lowest BCUT2D eigenvalue weighted by molar-refractivity contribution is 0.0813. The van der Waals surface area contributed by atoms with Crippen LogP contribution in [-0.2, 0) is 0 Å². The van der Waals surface area contributed by atoms with Gasteiger partial charge in [0.2, 0.25) is 5.78 Å². The number of hydrogen-bond donors (Lipinski definition) is 0. The summed E-state index contributed by atoms with van der Waals surface area (Å²) >= 11 is 0. The summed E-state index contributed by atoms with van der Waals surface area (Å²) in [4.78, 5) is 32.5. The fourth-order valence-electron chi connectivity index (χ4n) is 2.73. The van der Waals surface area contributed by atoms with Crippen LogP contribution < -0.4 is 9.47 Å². The van der Waals surface area contributed by atoms with Gasteiger partial charge in [-0.1, -0.05) is 0 Å². The average Bonchev–Trinajstić information content (AvgIpc) is 3.14. The van der Waals surface area contributed by atoms with Crippen LogP contribution in [0.4, 0.5) is 0 Å². The molecule has 0 unspecified atom stereocenters. The summed E-state index contributed by atoms with van der Waals surface area (Å²) in [5.41, 5.74) is 0.330. The molecular weight excluding hydrogens is 308 g/mol. The number of Topliss-reactive ketones (excluding diaryl/α,β-unsaturated/α-hetero) is 2. The lowest BCUT2D eigenvalue weighted by Crippen LogP contribution is -2.17. The van der Waals surface area contributed by atoms with Gasteiger partial charge in [-0.25, -0.2) is 4.98 Å². The number of rotatable bonds is 6. The standard InChI is InChI=1S/C18H18N2O4/c1-23-16-11-20-14(10-15(16)24-13-4-2-3-5-13)18(22)17(21)12-6-8-19-9-7-12/h6-11,13H,2-5H2,1H3. The van der Waals surface area contributed by atoms with Crippen LogP contribution in [0.1, 0.15) is 46.5 Å². The summed E-state index contributed by atoms with van der Waals surface area (Å²) in [5, 5.41) is 0. The first-order valence-corrected chi connectivity index (χ1v) is 7.89. The third-order valence-corrected chi connectivity index (χ3v) is 4.03. The van der Waals surface area contributed by atoms with Crippen LogP contribution in [0.15, 0.2) is 36.8 Å². The maximum Gasteiger partial charge on any atom is 0.251 e. The highest BCUT2D eigenvalue weighted by Gasteiger charge is 2.23. The van der Waals surface area contributed by atoms with Gasteiger partial charge in [-0.05, 0) is 37.8 Å². The van der Waals surface area contributed by atoms with Crippen molar-refractivity contribution in [1.29, 1.82) is 0 Å². The van der Waals surface area contributed by atoms with E-state index in [1.807, 2.05) is 0 Å². The Labute approximate surface area is 139 Å². The smallest absolute Gasteiger partial charge is 0.251 e. The van der Waals surface area contributed by atoms with Crippen molar-refractivity contribution in [3.63, 3.8) is 0 Å². The van der Waals surface area contributed by atoms with Gasteiger partial charge in [-0.2, -0.15) is 0 Å². The summed E-state index contributed by atoms with van der Waals surface area (Å²) in [6.45, 7) is 0. The fourth-order valence-corrected chi connectivity index (χ4v) is 2.73. The molecular formula is C18H18N2O4. The van der Waals surface area contributed by atoms with Crippen LogP contribution >= 0.6 is 0 Å². The highest BCUT2D eigenvalue weighted by atomic mass is 16.5.